The van der Waals surface area contributed by atoms with Crippen molar-refractivity contribution in [2.75, 3.05) is 5.73 Å². The Morgan fingerprint density at radius 1 is 1.38 bits per heavy atom. The van der Waals surface area contributed by atoms with E-state index in [9.17, 15) is 9.90 Å². The van der Waals surface area contributed by atoms with Crippen LogP contribution in [0, 0.1) is 0 Å². The zero-order valence-corrected chi connectivity index (χ0v) is 14.8. The number of anilines is 1. The molecule has 0 saturated carbocycles. The summed E-state index contributed by atoms with van der Waals surface area (Å²) in [4.78, 5) is 16.1. The number of nitrogens with one attached hydrogen (secondary N) is 1. The van der Waals surface area contributed by atoms with Gasteiger partial charge in [-0.25, -0.2) is 10.4 Å². The van der Waals surface area contributed by atoms with E-state index in [-0.39, 0.29) is 18.1 Å². The van der Waals surface area contributed by atoms with Crippen LogP contribution in [0.15, 0.2) is 46.0 Å². The highest BCUT2D eigenvalue weighted by Crippen LogP contribution is 2.25. The SMILES string of the molecule is Nc1nc2ccc(CC(=O)N/N=C\c3ccc(O)c(Br)c3)cc2s1. The van der Waals surface area contributed by atoms with E-state index in [1.165, 1.54) is 17.6 Å². The average molecular weight is 405 g/mol. The quantitative estimate of drug-likeness (QED) is 0.459. The predicted molar refractivity (Wildman–Crippen MR) is 99.3 cm³/mol. The van der Waals surface area contributed by atoms with E-state index >= 15 is 0 Å². The highest BCUT2D eigenvalue weighted by atomic mass is 79.9. The highest BCUT2D eigenvalue weighted by Gasteiger charge is 2.06. The van der Waals surface area contributed by atoms with Gasteiger partial charge in [0.15, 0.2) is 5.13 Å². The summed E-state index contributed by atoms with van der Waals surface area (Å²) in [6.45, 7) is 0. The number of benzene rings is 2. The van der Waals surface area contributed by atoms with Crippen molar-refractivity contribution in [2.45, 2.75) is 6.42 Å². The van der Waals surface area contributed by atoms with Crippen LogP contribution >= 0.6 is 27.3 Å². The second kappa shape index (κ2) is 6.98. The van der Waals surface area contributed by atoms with Crippen molar-refractivity contribution in [3.63, 3.8) is 0 Å². The van der Waals surface area contributed by atoms with Crippen LogP contribution < -0.4 is 11.2 Å². The molecule has 3 rings (SSSR count). The number of aromatic nitrogens is 1. The van der Waals surface area contributed by atoms with Crippen molar-refractivity contribution in [3.05, 3.63) is 52.0 Å². The molecule has 0 aliphatic rings. The fourth-order valence-corrected chi connectivity index (χ4v) is 3.30. The number of rotatable bonds is 4. The van der Waals surface area contributed by atoms with Gasteiger partial charge in [-0.2, -0.15) is 5.10 Å². The molecule has 6 nitrogen and oxygen atoms in total. The lowest BCUT2D eigenvalue weighted by Gasteiger charge is -2.01. The average Bonchev–Trinajstić information content (AvgIpc) is 2.90. The Bertz CT molecular complexity index is 939. The Morgan fingerprint density at radius 2 is 2.21 bits per heavy atom. The van der Waals surface area contributed by atoms with Crippen LogP contribution in [0.4, 0.5) is 5.13 Å². The minimum Gasteiger partial charge on any atom is -0.507 e. The van der Waals surface area contributed by atoms with Gasteiger partial charge in [-0.15, -0.1) is 0 Å². The van der Waals surface area contributed by atoms with Crippen molar-refractivity contribution >= 4 is 54.7 Å². The number of aromatic hydroxyl groups is 1. The molecular weight excluding hydrogens is 392 g/mol. The van der Waals surface area contributed by atoms with Crippen molar-refractivity contribution in [3.8, 4) is 5.75 Å². The molecule has 0 bridgehead atoms. The molecule has 3 aromatic rings. The third-order valence-corrected chi connectivity index (χ3v) is 4.69. The number of halogens is 1. The summed E-state index contributed by atoms with van der Waals surface area (Å²) >= 11 is 4.61. The number of phenols is 1. The number of phenolic OH excluding ortho intramolecular Hbond substituents is 1. The smallest absolute Gasteiger partial charge is 0.244 e. The zero-order valence-electron chi connectivity index (χ0n) is 12.4. The van der Waals surface area contributed by atoms with E-state index in [0.29, 0.717) is 9.60 Å². The van der Waals surface area contributed by atoms with Crippen molar-refractivity contribution in [1.82, 2.24) is 10.4 Å². The lowest BCUT2D eigenvalue weighted by molar-refractivity contribution is -0.120. The number of nitrogens with two attached hydrogens (primary N) is 1. The summed E-state index contributed by atoms with van der Waals surface area (Å²) in [5, 5.41) is 13.9. The number of carbonyl (C=O) groups excluding carboxylic acids is 1. The molecule has 0 fully saturated rings. The Labute approximate surface area is 150 Å². The normalized spacial score (nSPS) is 11.2. The number of hydrazone groups is 1. The van der Waals surface area contributed by atoms with E-state index in [1.54, 1.807) is 18.2 Å². The lowest BCUT2D eigenvalue weighted by atomic mass is 10.1. The largest absolute Gasteiger partial charge is 0.507 e. The van der Waals surface area contributed by atoms with Crippen LogP contribution in [-0.2, 0) is 11.2 Å². The molecule has 0 aliphatic carbocycles. The fourth-order valence-electron chi connectivity index (χ4n) is 2.10. The maximum atomic E-state index is 12.0. The molecule has 8 heteroatoms. The summed E-state index contributed by atoms with van der Waals surface area (Å²) < 4.78 is 1.52. The predicted octanol–water partition coefficient (Wildman–Crippen LogP) is 3.04. The van der Waals surface area contributed by atoms with Crippen LogP contribution in [0.2, 0.25) is 0 Å². The third-order valence-electron chi connectivity index (χ3n) is 3.21. The summed E-state index contributed by atoms with van der Waals surface area (Å²) in [6, 6.07) is 10.5. The first-order valence-corrected chi connectivity index (χ1v) is 8.57. The molecular formula is C16H13BrN4O2S. The van der Waals surface area contributed by atoms with Gasteiger partial charge in [0.1, 0.15) is 5.75 Å². The molecule has 0 aliphatic heterocycles. The number of hydrogen-bond acceptors (Lipinski definition) is 6. The molecule has 4 N–H and O–H groups in total. The standard InChI is InChI=1S/C16H13BrN4O2S/c17-11-5-10(2-4-13(11)22)8-19-21-15(23)7-9-1-3-12-14(6-9)24-16(18)20-12/h1-6,8,22H,7H2,(H2,18,20)(H,21,23)/b19-8-. The fraction of sp³-hybridized carbons (Fsp3) is 0.0625. The van der Waals surface area contributed by atoms with Crippen LogP contribution in [0.3, 0.4) is 0 Å². The minimum absolute atomic E-state index is 0.148. The van der Waals surface area contributed by atoms with Crippen molar-refractivity contribution in [1.29, 1.82) is 0 Å². The number of hydrogen-bond donors (Lipinski definition) is 3. The molecule has 0 radical (unpaired) electrons. The Kier molecular flexibility index (Phi) is 4.77. The second-order valence-corrected chi connectivity index (χ2v) is 6.95. The van der Waals surface area contributed by atoms with Crippen LogP contribution in [-0.4, -0.2) is 22.2 Å². The topological polar surface area (TPSA) is 101 Å². The molecule has 2 aromatic carbocycles. The van der Waals surface area contributed by atoms with Gasteiger partial charge >= 0.3 is 0 Å². The van der Waals surface area contributed by atoms with Crippen molar-refractivity contribution in [2.24, 2.45) is 5.10 Å². The Hall–Kier alpha value is -2.45. The third kappa shape index (κ3) is 3.90. The molecule has 0 unspecified atom stereocenters. The number of amides is 1. The monoisotopic (exact) mass is 404 g/mol. The van der Waals surface area contributed by atoms with E-state index in [0.717, 1.165) is 21.3 Å². The van der Waals surface area contributed by atoms with Gasteiger partial charge in [-0.05, 0) is 57.4 Å². The van der Waals surface area contributed by atoms with Crippen LogP contribution in [0.1, 0.15) is 11.1 Å². The van der Waals surface area contributed by atoms with E-state index in [4.69, 9.17) is 5.73 Å². The summed E-state index contributed by atoms with van der Waals surface area (Å²) in [5.74, 6) is -0.0730. The zero-order chi connectivity index (χ0) is 17.1. The molecule has 0 spiro atoms. The molecule has 0 atom stereocenters. The molecule has 24 heavy (non-hydrogen) atoms. The Balaban J connectivity index is 1.61. The van der Waals surface area contributed by atoms with Crippen LogP contribution in [0.5, 0.6) is 5.75 Å². The van der Waals surface area contributed by atoms with Gasteiger partial charge < -0.3 is 10.8 Å². The van der Waals surface area contributed by atoms with E-state index in [1.807, 2.05) is 18.2 Å². The number of fused-ring (bicyclic) bond motifs is 1. The second-order valence-electron chi connectivity index (χ2n) is 5.03. The Morgan fingerprint density at radius 3 is 3.00 bits per heavy atom. The number of nitrogen functional groups attached to an aromatic ring is 1. The first kappa shape index (κ1) is 16.4. The number of thiazole rings is 1. The maximum absolute atomic E-state index is 12.0. The van der Waals surface area contributed by atoms with Gasteiger partial charge in [0, 0.05) is 0 Å². The molecule has 1 heterocycles. The number of carbonyl (C=O) groups is 1. The molecule has 1 aromatic heterocycles. The van der Waals surface area contributed by atoms with E-state index < -0.39 is 0 Å². The van der Waals surface area contributed by atoms with Gasteiger partial charge in [0.2, 0.25) is 5.91 Å². The molecule has 0 saturated heterocycles. The van der Waals surface area contributed by atoms with Gasteiger partial charge in [0.25, 0.3) is 0 Å². The van der Waals surface area contributed by atoms with Crippen molar-refractivity contribution < 1.29 is 9.90 Å². The summed E-state index contributed by atoms with van der Waals surface area (Å²) in [5.41, 5.74) is 10.6. The maximum Gasteiger partial charge on any atom is 0.244 e. The van der Waals surface area contributed by atoms with Gasteiger partial charge in [-0.1, -0.05) is 17.4 Å². The summed E-state index contributed by atoms with van der Waals surface area (Å²) in [7, 11) is 0. The lowest BCUT2D eigenvalue weighted by Crippen LogP contribution is -2.19. The van der Waals surface area contributed by atoms with Crippen LogP contribution in [0.25, 0.3) is 10.2 Å². The van der Waals surface area contributed by atoms with Gasteiger partial charge in [0.05, 0.1) is 27.3 Å². The van der Waals surface area contributed by atoms with Gasteiger partial charge in [-0.3, -0.25) is 4.79 Å². The number of nitrogens with zero attached hydrogens (tertiary/aromatic N) is 2. The molecule has 1 amide bonds. The highest BCUT2D eigenvalue weighted by molar-refractivity contribution is 9.10. The minimum atomic E-state index is -0.221. The molecule has 122 valence electrons. The first-order chi connectivity index (χ1) is 11.5. The van der Waals surface area contributed by atoms with E-state index in [2.05, 4.69) is 31.4 Å². The first-order valence-electron chi connectivity index (χ1n) is 6.96. The summed E-state index contributed by atoms with van der Waals surface area (Å²) in [6.07, 6.45) is 1.72.